The van der Waals surface area contributed by atoms with Gasteiger partial charge in [0.2, 0.25) is 0 Å². The minimum absolute atomic E-state index is 0.0593. The highest BCUT2D eigenvalue weighted by atomic mass is 16.5. The number of hydrogen-bond donors (Lipinski definition) is 2. The number of hydrogen-bond acceptors (Lipinski definition) is 4. The lowest BCUT2D eigenvalue weighted by molar-refractivity contribution is -0.143. The van der Waals surface area contributed by atoms with Crippen LogP contribution in [-0.4, -0.2) is 34.7 Å². The van der Waals surface area contributed by atoms with E-state index in [1.807, 2.05) is 6.92 Å². The van der Waals surface area contributed by atoms with Crippen LogP contribution in [0.3, 0.4) is 0 Å². The van der Waals surface area contributed by atoms with E-state index in [0.717, 1.165) is 19.3 Å². The van der Waals surface area contributed by atoms with Gasteiger partial charge < -0.3 is 14.9 Å². The molecule has 0 saturated heterocycles. The van der Waals surface area contributed by atoms with Crippen LogP contribution in [0.1, 0.15) is 60.2 Å². The molecule has 0 aliphatic carbocycles. The third-order valence-electron chi connectivity index (χ3n) is 2.67. The van der Waals surface area contributed by atoms with E-state index in [2.05, 4.69) is 6.92 Å². The predicted molar refractivity (Wildman–Crippen MR) is 81.1 cm³/mol. The summed E-state index contributed by atoms with van der Waals surface area (Å²) in [6.45, 7) is 4.45. The lowest BCUT2D eigenvalue weighted by Gasteiger charge is -1.99. The van der Waals surface area contributed by atoms with Crippen molar-refractivity contribution in [2.45, 2.75) is 39.5 Å². The van der Waals surface area contributed by atoms with Crippen molar-refractivity contribution in [1.82, 2.24) is 0 Å². The molecule has 0 saturated carbocycles. The smallest absolute Gasteiger partial charge is 0.335 e. The van der Waals surface area contributed by atoms with Crippen molar-refractivity contribution in [2.24, 2.45) is 0 Å². The molecule has 0 radical (unpaired) electrons. The highest BCUT2D eigenvalue weighted by Crippen LogP contribution is 2.03. The van der Waals surface area contributed by atoms with Crippen molar-refractivity contribution in [3.8, 4) is 0 Å². The van der Waals surface area contributed by atoms with Gasteiger partial charge in [-0.2, -0.15) is 0 Å². The topological polar surface area (TPSA) is 101 Å². The number of unbranched alkanes of at least 4 members (excludes halogenated alkanes) is 2. The van der Waals surface area contributed by atoms with E-state index in [-0.39, 0.29) is 17.1 Å². The molecule has 0 aliphatic heterocycles. The van der Waals surface area contributed by atoms with Crippen LogP contribution in [0.4, 0.5) is 0 Å². The summed E-state index contributed by atoms with van der Waals surface area (Å²) in [7, 11) is 0. The van der Waals surface area contributed by atoms with E-state index in [1.165, 1.54) is 24.3 Å². The molecule has 22 heavy (non-hydrogen) atoms. The van der Waals surface area contributed by atoms with Crippen LogP contribution < -0.4 is 0 Å². The second-order valence-electron chi connectivity index (χ2n) is 4.45. The van der Waals surface area contributed by atoms with Crippen molar-refractivity contribution in [3.05, 3.63) is 35.4 Å². The van der Waals surface area contributed by atoms with Crippen LogP contribution in [0.25, 0.3) is 0 Å². The lowest BCUT2D eigenvalue weighted by Crippen LogP contribution is -2.02. The number of aromatic carboxylic acids is 2. The number of rotatable bonds is 7. The molecule has 1 aromatic carbocycles. The molecule has 0 bridgehead atoms. The minimum atomic E-state index is -1.06. The second kappa shape index (κ2) is 11.3. The Labute approximate surface area is 129 Å². The molecule has 6 heteroatoms. The van der Waals surface area contributed by atoms with E-state index in [1.54, 1.807) is 0 Å². The van der Waals surface area contributed by atoms with Gasteiger partial charge in [-0.1, -0.05) is 19.8 Å². The first-order valence-corrected chi connectivity index (χ1v) is 7.14. The van der Waals surface area contributed by atoms with E-state index in [0.29, 0.717) is 13.0 Å². The quantitative estimate of drug-likeness (QED) is 0.592. The number of benzene rings is 1. The maximum Gasteiger partial charge on any atom is 0.335 e. The van der Waals surface area contributed by atoms with Gasteiger partial charge in [-0.25, -0.2) is 9.59 Å². The summed E-state index contributed by atoms with van der Waals surface area (Å²) in [5.41, 5.74) is 0.167. The molecule has 1 aromatic rings. The average molecular weight is 310 g/mol. The van der Waals surface area contributed by atoms with E-state index in [4.69, 9.17) is 14.9 Å². The number of ether oxygens (including phenoxy) is 1. The van der Waals surface area contributed by atoms with Crippen LogP contribution in [0.15, 0.2) is 24.3 Å². The molecule has 0 fully saturated rings. The minimum Gasteiger partial charge on any atom is -0.478 e. The Kier molecular flexibility index (Phi) is 10.1. The Hall–Kier alpha value is -2.37. The van der Waals surface area contributed by atoms with E-state index < -0.39 is 11.9 Å². The summed E-state index contributed by atoms with van der Waals surface area (Å²) in [5.74, 6) is -2.19. The maximum absolute atomic E-state index is 10.7. The van der Waals surface area contributed by atoms with Gasteiger partial charge >= 0.3 is 17.9 Å². The summed E-state index contributed by atoms with van der Waals surface area (Å²) >= 11 is 0. The molecule has 0 spiro atoms. The van der Waals surface area contributed by atoms with Crippen molar-refractivity contribution >= 4 is 17.9 Å². The van der Waals surface area contributed by atoms with Crippen LogP contribution >= 0.6 is 0 Å². The van der Waals surface area contributed by atoms with Crippen molar-refractivity contribution in [3.63, 3.8) is 0 Å². The van der Waals surface area contributed by atoms with E-state index >= 15 is 0 Å². The average Bonchev–Trinajstić information content (AvgIpc) is 2.48. The second-order valence-corrected chi connectivity index (χ2v) is 4.45. The molecule has 0 aliphatic rings. The SMILES string of the molecule is CCCCCC(=O)OCC.O=C(O)c1ccc(C(=O)O)cc1. The molecule has 0 heterocycles. The highest BCUT2D eigenvalue weighted by Gasteiger charge is 2.04. The monoisotopic (exact) mass is 310 g/mol. The van der Waals surface area contributed by atoms with Crippen molar-refractivity contribution < 1.29 is 29.3 Å². The summed E-state index contributed by atoms with van der Waals surface area (Å²) in [5, 5.41) is 16.9. The van der Waals surface area contributed by atoms with E-state index in [9.17, 15) is 14.4 Å². The van der Waals surface area contributed by atoms with Gasteiger partial charge in [0, 0.05) is 6.42 Å². The van der Waals surface area contributed by atoms with Gasteiger partial charge in [0.05, 0.1) is 17.7 Å². The summed E-state index contributed by atoms with van der Waals surface area (Å²) in [4.78, 5) is 31.4. The van der Waals surface area contributed by atoms with Crippen LogP contribution in [0, 0.1) is 0 Å². The third-order valence-corrected chi connectivity index (χ3v) is 2.67. The normalized spacial score (nSPS) is 9.36. The fraction of sp³-hybridized carbons (Fsp3) is 0.438. The standard InChI is InChI=1S/C8H6O4.C8H16O2/c9-7(10)5-1-2-6(4-3-5)8(11)12;1-3-5-6-7-8(9)10-4-2/h1-4H,(H,9,10)(H,11,12);3-7H2,1-2H3. The number of carbonyl (C=O) groups excluding carboxylic acids is 1. The van der Waals surface area contributed by atoms with Gasteiger partial charge in [0.15, 0.2) is 0 Å². The Balaban J connectivity index is 0.000000409. The first-order valence-electron chi connectivity index (χ1n) is 7.14. The largest absolute Gasteiger partial charge is 0.478 e. The predicted octanol–water partition coefficient (Wildman–Crippen LogP) is 3.21. The van der Waals surface area contributed by atoms with Gasteiger partial charge in [-0.05, 0) is 37.6 Å². The Morgan fingerprint density at radius 1 is 0.909 bits per heavy atom. The Morgan fingerprint density at radius 2 is 1.36 bits per heavy atom. The number of esters is 1. The van der Waals surface area contributed by atoms with Gasteiger partial charge in [-0.3, -0.25) is 4.79 Å². The maximum atomic E-state index is 10.7. The highest BCUT2D eigenvalue weighted by molar-refractivity contribution is 5.91. The van der Waals surface area contributed by atoms with Gasteiger partial charge in [-0.15, -0.1) is 0 Å². The molecular weight excluding hydrogens is 288 g/mol. The first kappa shape index (κ1) is 19.6. The lowest BCUT2D eigenvalue weighted by atomic mass is 10.1. The van der Waals surface area contributed by atoms with Gasteiger partial charge in [0.25, 0.3) is 0 Å². The molecule has 2 N–H and O–H groups in total. The molecule has 122 valence electrons. The van der Waals surface area contributed by atoms with Crippen molar-refractivity contribution in [1.29, 1.82) is 0 Å². The zero-order chi connectivity index (χ0) is 17.0. The molecule has 0 unspecified atom stereocenters. The zero-order valence-electron chi connectivity index (χ0n) is 12.9. The fourth-order valence-corrected chi connectivity index (χ4v) is 1.51. The summed E-state index contributed by atoms with van der Waals surface area (Å²) in [6.07, 6.45) is 3.83. The van der Waals surface area contributed by atoms with Crippen LogP contribution in [0.2, 0.25) is 0 Å². The molecule has 0 aromatic heterocycles. The zero-order valence-corrected chi connectivity index (χ0v) is 12.9. The Bertz CT molecular complexity index is 445. The Morgan fingerprint density at radius 3 is 1.68 bits per heavy atom. The first-order chi connectivity index (χ1) is 10.4. The number of carboxylic acids is 2. The van der Waals surface area contributed by atoms with Crippen LogP contribution in [-0.2, 0) is 9.53 Å². The fourth-order valence-electron chi connectivity index (χ4n) is 1.51. The molecule has 0 amide bonds. The number of carbonyl (C=O) groups is 3. The molecule has 0 atom stereocenters. The van der Waals surface area contributed by atoms with Gasteiger partial charge in [0.1, 0.15) is 0 Å². The van der Waals surface area contributed by atoms with Crippen molar-refractivity contribution in [2.75, 3.05) is 6.61 Å². The summed E-state index contributed by atoms with van der Waals surface area (Å²) < 4.78 is 4.75. The molecular formula is C16H22O6. The molecule has 6 nitrogen and oxygen atoms in total. The van der Waals surface area contributed by atoms with Crippen LogP contribution in [0.5, 0.6) is 0 Å². The number of carboxylic acid groups (broad SMARTS) is 2. The molecule has 1 rings (SSSR count). The third kappa shape index (κ3) is 8.73. The summed E-state index contributed by atoms with van der Waals surface area (Å²) in [6, 6.07) is 5.02.